The van der Waals surface area contributed by atoms with E-state index < -0.39 is 29.4 Å². The quantitative estimate of drug-likeness (QED) is 0.600. The normalized spacial score (nSPS) is 11.7. The maximum atomic E-state index is 11.8. The molecular weight excluding hydrogens is 346 g/mol. The van der Waals surface area contributed by atoms with Gasteiger partial charge in [-0.2, -0.15) is 0 Å². The van der Waals surface area contributed by atoms with Gasteiger partial charge in [0.25, 0.3) is 5.56 Å². The maximum absolute atomic E-state index is 11.8. The number of aliphatic carboxylic acids is 1. The topological polar surface area (TPSA) is 131 Å². The van der Waals surface area contributed by atoms with Crippen molar-refractivity contribution in [2.45, 2.75) is 25.4 Å². The lowest BCUT2D eigenvalue weighted by Crippen LogP contribution is -2.43. The SMILES string of the molecule is NC(=O)CC[C@@H](NC(=O)Cn1cc(Br)ccc1=O)C(=O)O. The summed E-state index contributed by atoms with van der Waals surface area (Å²) in [6.45, 7) is -0.321. The monoisotopic (exact) mass is 359 g/mol. The van der Waals surface area contributed by atoms with E-state index in [2.05, 4.69) is 21.2 Å². The van der Waals surface area contributed by atoms with Crippen molar-refractivity contribution in [3.63, 3.8) is 0 Å². The maximum Gasteiger partial charge on any atom is 0.326 e. The van der Waals surface area contributed by atoms with Crippen LogP contribution in [0.15, 0.2) is 27.6 Å². The summed E-state index contributed by atoms with van der Waals surface area (Å²) in [5.74, 6) is -2.57. The minimum atomic E-state index is -1.27. The number of aromatic nitrogens is 1. The van der Waals surface area contributed by atoms with Gasteiger partial charge in [0.1, 0.15) is 12.6 Å². The third-order valence-electron chi connectivity index (χ3n) is 2.57. The molecule has 9 heteroatoms. The summed E-state index contributed by atoms with van der Waals surface area (Å²) in [4.78, 5) is 44.9. The minimum Gasteiger partial charge on any atom is -0.480 e. The summed E-state index contributed by atoms with van der Waals surface area (Å²) in [6.07, 6.45) is 1.15. The number of hydrogen-bond donors (Lipinski definition) is 3. The summed E-state index contributed by atoms with van der Waals surface area (Å²) in [5.41, 5.74) is 4.55. The van der Waals surface area contributed by atoms with Crippen LogP contribution >= 0.6 is 15.9 Å². The number of nitrogens with zero attached hydrogens (tertiary/aromatic N) is 1. The van der Waals surface area contributed by atoms with Crippen molar-refractivity contribution in [3.05, 3.63) is 33.2 Å². The number of nitrogens with two attached hydrogens (primary N) is 1. The molecule has 21 heavy (non-hydrogen) atoms. The molecule has 0 saturated carbocycles. The van der Waals surface area contributed by atoms with Crippen molar-refractivity contribution >= 4 is 33.7 Å². The Balaban J connectivity index is 2.69. The molecule has 0 bridgehead atoms. The number of rotatable bonds is 7. The van der Waals surface area contributed by atoms with E-state index in [1.54, 1.807) is 0 Å². The van der Waals surface area contributed by atoms with Gasteiger partial charge in [-0.3, -0.25) is 14.4 Å². The van der Waals surface area contributed by atoms with Gasteiger partial charge in [-0.15, -0.1) is 0 Å². The smallest absolute Gasteiger partial charge is 0.326 e. The van der Waals surface area contributed by atoms with Gasteiger partial charge in [-0.05, 0) is 28.4 Å². The molecule has 2 amide bonds. The van der Waals surface area contributed by atoms with Gasteiger partial charge < -0.3 is 20.7 Å². The van der Waals surface area contributed by atoms with Crippen molar-refractivity contribution in [1.29, 1.82) is 0 Å². The lowest BCUT2D eigenvalue weighted by atomic mass is 10.1. The second kappa shape index (κ2) is 7.58. The summed E-state index contributed by atoms with van der Waals surface area (Å²) in [6, 6.07) is 1.58. The van der Waals surface area contributed by atoms with Gasteiger partial charge in [-0.25, -0.2) is 4.79 Å². The highest BCUT2D eigenvalue weighted by molar-refractivity contribution is 9.10. The molecule has 0 spiro atoms. The van der Waals surface area contributed by atoms with E-state index in [9.17, 15) is 19.2 Å². The molecule has 1 aromatic rings. The highest BCUT2D eigenvalue weighted by Gasteiger charge is 2.20. The van der Waals surface area contributed by atoms with E-state index in [1.807, 2.05) is 0 Å². The average Bonchev–Trinajstić information content (AvgIpc) is 2.38. The lowest BCUT2D eigenvalue weighted by molar-refractivity contribution is -0.142. The highest BCUT2D eigenvalue weighted by Crippen LogP contribution is 2.05. The third kappa shape index (κ3) is 5.78. The molecule has 1 heterocycles. The van der Waals surface area contributed by atoms with Gasteiger partial charge in [0.2, 0.25) is 11.8 Å². The van der Waals surface area contributed by atoms with Crippen molar-refractivity contribution in [1.82, 2.24) is 9.88 Å². The predicted octanol–water partition coefficient (Wildman–Crippen LogP) is -0.554. The van der Waals surface area contributed by atoms with Gasteiger partial charge in [0, 0.05) is 23.2 Å². The Kier molecular flexibility index (Phi) is 6.10. The number of carboxylic acids is 1. The molecule has 8 nitrogen and oxygen atoms in total. The Bertz CT molecular complexity index is 613. The molecule has 0 radical (unpaired) electrons. The van der Waals surface area contributed by atoms with E-state index in [4.69, 9.17) is 10.8 Å². The molecule has 1 aromatic heterocycles. The van der Waals surface area contributed by atoms with Crippen LogP contribution < -0.4 is 16.6 Å². The van der Waals surface area contributed by atoms with E-state index in [-0.39, 0.29) is 19.4 Å². The number of primary amides is 1. The number of carbonyl (C=O) groups is 3. The fourth-order valence-electron chi connectivity index (χ4n) is 1.56. The van der Waals surface area contributed by atoms with E-state index in [0.29, 0.717) is 4.47 Å². The fourth-order valence-corrected chi connectivity index (χ4v) is 1.94. The van der Waals surface area contributed by atoms with Crippen LogP contribution in [0.1, 0.15) is 12.8 Å². The van der Waals surface area contributed by atoms with Crippen LogP contribution in [0.4, 0.5) is 0 Å². The number of pyridine rings is 1. The van der Waals surface area contributed by atoms with Crippen LogP contribution in [0, 0.1) is 0 Å². The molecule has 0 aromatic carbocycles. The molecule has 114 valence electrons. The Labute approximate surface area is 128 Å². The van der Waals surface area contributed by atoms with Crippen molar-refractivity contribution in [3.8, 4) is 0 Å². The zero-order valence-corrected chi connectivity index (χ0v) is 12.5. The molecule has 0 aliphatic heterocycles. The first kappa shape index (κ1) is 16.9. The molecule has 1 rings (SSSR count). The van der Waals surface area contributed by atoms with Gasteiger partial charge in [-0.1, -0.05) is 0 Å². The van der Waals surface area contributed by atoms with Crippen LogP contribution in [0.3, 0.4) is 0 Å². The molecule has 4 N–H and O–H groups in total. The molecule has 1 atom stereocenters. The molecule has 0 saturated heterocycles. The third-order valence-corrected chi connectivity index (χ3v) is 3.04. The first-order valence-electron chi connectivity index (χ1n) is 5.96. The molecule has 0 unspecified atom stereocenters. The Morgan fingerprint density at radius 2 is 2.05 bits per heavy atom. The first-order valence-corrected chi connectivity index (χ1v) is 6.75. The zero-order chi connectivity index (χ0) is 16.0. The second-order valence-corrected chi connectivity index (χ2v) is 5.19. The van der Waals surface area contributed by atoms with Gasteiger partial charge >= 0.3 is 5.97 Å². The highest BCUT2D eigenvalue weighted by atomic mass is 79.9. The van der Waals surface area contributed by atoms with Crippen LogP contribution in [-0.4, -0.2) is 33.5 Å². The predicted molar refractivity (Wildman–Crippen MR) is 76.4 cm³/mol. The molecule has 0 aliphatic carbocycles. The summed E-state index contributed by atoms with van der Waals surface area (Å²) in [5, 5.41) is 11.2. The fraction of sp³-hybridized carbons (Fsp3) is 0.333. The Morgan fingerprint density at radius 1 is 1.38 bits per heavy atom. The number of hydrogen-bond acceptors (Lipinski definition) is 4. The van der Waals surface area contributed by atoms with Crippen molar-refractivity contribution in [2.75, 3.05) is 0 Å². The van der Waals surface area contributed by atoms with Crippen LogP contribution in [0.2, 0.25) is 0 Å². The van der Waals surface area contributed by atoms with Crippen molar-refractivity contribution < 1.29 is 19.5 Å². The lowest BCUT2D eigenvalue weighted by Gasteiger charge is -2.14. The molecule has 0 aliphatic rings. The zero-order valence-electron chi connectivity index (χ0n) is 10.9. The van der Waals surface area contributed by atoms with Crippen LogP contribution in [-0.2, 0) is 20.9 Å². The summed E-state index contributed by atoms with van der Waals surface area (Å²) >= 11 is 3.16. The van der Waals surface area contributed by atoms with E-state index in [1.165, 1.54) is 18.3 Å². The number of halogens is 1. The largest absolute Gasteiger partial charge is 0.480 e. The van der Waals surface area contributed by atoms with Gasteiger partial charge in [0.15, 0.2) is 0 Å². The van der Waals surface area contributed by atoms with Crippen molar-refractivity contribution in [2.24, 2.45) is 5.73 Å². The van der Waals surface area contributed by atoms with Crippen LogP contribution in [0.25, 0.3) is 0 Å². The summed E-state index contributed by atoms with van der Waals surface area (Å²) in [7, 11) is 0. The minimum absolute atomic E-state index is 0.107. The number of amides is 2. The Hall–Kier alpha value is -2.16. The number of carbonyl (C=O) groups excluding carboxylic acids is 2. The standard InChI is InChI=1S/C12H14BrN3O5/c13-7-1-4-11(19)16(5-7)6-10(18)15-8(12(20)21)2-3-9(14)17/h1,4-5,8H,2-3,6H2,(H2,14,17)(H,15,18)(H,20,21)/t8-/m1/s1. The van der Waals surface area contributed by atoms with Crippen LogP contribution in [0.5, 0.6) is 0 Å². The number of nitrogens with one attached hydrogen (secondary N) is 1. The second-order valence-electron chi connectivity index (χ2n) is 4.28. The Morgan fingerprint density at radius 3 is 2.62 bits per heavy atom. The first-order chi connectivity index (χ1) is 9.79. The summed E-state index contributed by atoms with van der Waals surface area (Å²) < 4.78 is 1.74. The average molecular weight is 360 g/mol. The molecular formula is C12H14BrN3O5. The van der Waals surface area contributed by atoms with E-state index >= 15 is 0 Å². The molecule has 0 fully saturated rings. The number of carboxylic acid groups (broad SMARTS) is 1. The van der Waals surface area contributed by atoms with Gasteiger partial charge in [0.05, 0.1) is 0 Å². The van der Waals surface area contributed by atoms with E-state index in [0.717, 1.165) is 4.57 Å².